The van der Waals surface area contributed by atoms with E-state index in [0.29, 0.717) is 0 Å². The molecule has 2 aliphatic rings. The highest BCUT2D eigenvalue weighted by atomic mass is 16.5. The van der Waals surface area contributed by atoms with Gasteiger partial charge >= 0.3 is 0 Å². The van der Waals surface area contributed by atoms with Gasteiger partial charge in [0, 0.05) is 5.92 Å². The van der Waals surface area contributed by atoms with Crippen LogP contribution in [-0.2, 0) is 9.53 Å². The predicted octanol–water partition coefficient (Wildman–Crippen LogP) is 2.74. The average Bonchev–Trinajstić information content (AvgIpc) is 2.48. The van der Waals surface area contributed by atoms with Crippen molar-refractivity contribution in [3.63, 3.8) is 0 Å². The second-order valence-electron chi connectivity index (χ2n) is 8.29. The van der Waals surface area contributed by atoms with Crippen molar-refractivity contribution in [2.24, 2.45) is 16.7 Å². The van der Waals surface area contributed by atoms with Gasteiger partial charge in [0.15, 0.2) is 5.60 Å². The molecule has 3 nitrogen and oxygen atoms in total. The van der Waals surface area contributed by atoms with E-state index in [0.717, 1.165) is 6.42 Å². The van der Waals surface area contributed by atoms with E-state index in [4.69, 9.17) is 4.74 Å². The molecule has 2 aliphatic heterocycles. The molecular weight excluding hydrogens is 226 g/mol. The van der Waals surface area contributed by atoms with Crippen molar-refractivity contribution >= 4 is 5.91 Å². The first-order valence-electron chi connectivity index (χ1n) is 6.96. The van der Waals surface area contributed by atoms with Crippen LogP contribution in [0.2, 0.25) is 0 Å². The number of carbonyl (C=O) groups excluding carboxylic acids is 1. The smallest absolute Gasteiger partial charge is 0.253 e. The summed E-state index contributed by atoms with van der Waals surface area (Å²) in [6.07, 6.45) is 0.906. The molecule has 2 heterocycles. The number of carbonyl (C=O) groups is 1. The summed E-state index contributed by atoms with van der Waals surface area (Å²) in [5, 5.41) is 3.16. The number of fused-ring (bicyclic) bond motifs is 2. The molecule has 1 N–H and O–H groups in total. The summed E-state index contributed by atoms with van der Waals surface area (Å²) in [5.74, 6) is 0.354. The Hall–Kier alpha value is -0.570. The molecule has 0 saturated carbocycles. The first-order valence-corrected chi connectivity index (χ1v) is 6.96. The van der Waals surface area contributed by atoms with Crippen LogP contribution in [0.1, 0.15) is 54.9 Å². The highest BCUT2D eigenvalue weighted by Crippen LogP contribution is 2.54. The highest BCUT2D eigenvalue weighted by Gasteiger charge is 2.67. The van der Waals surface area contributed by atoms with Gasteiger partial charge in [-0.2, -0.15) is 0 Å². The molecule has 1 amide bonds. The molecular formula is C15H27NO2. The van der Waals surface area contributed by atoms with Crippen LogP contribution in [0.25, 0.3) is 0 Å². The monoisotopic (exact) mass is 253 g/mol. The Morgan fingerprint density at radius 1 is 1.22 bits per heavy atom. The second kappa shape index (κ2) is 3.72. The van der Waals surface area contributed by atoms with Gasteiger partial charge in [-0.3, -0.25) is 4.79 Å². The molecule has 18 heavy (non-hydrogen) atoms. The third-order valence-electron chi connectivity index (χ3n) is 4.17. The van der Waals surface area contributed by atoms with Crippen molar-refractivity contribution in [1.29, 1.82) is 0 Å². The molecule has 3 heteroatoms. The molecule has 4 atom stereocenters. The fourth-order valence-corrected chi connectivity index (χ4v) is 3.97. The first kappa shape index (κ1) is 13.9. The van der Waals surface area contributed by atoms with E-state index in [1.807, 2.05) is 0 Å². The summed E-state index contributed by atoms with van der Waals surface area (Å²) in [7, 11) is 0. The lowest BCUT2D eigenvalue weighted by Gasteiger charge is -2.39. The van der Waals surface area contributed by atoms with Crippen molar-refractivity contribution in [2.75, 3.05) is 0 Å². The van der Waals surface area contributed by atoms with Crippen molar-refractivity contribution in [3.8, 4) is 0 Å². The van der Waals surface area contributed by atoms with Gasteiger partial charge in [-0.1, -0.05) is 41.5 Å². The van der Waals surface area contributed by atoms with Gasteiger partial charge in [-0.15, -0.1) is 0 Å². The van der Waals surface area contributed by atoms with Gasteiger partial charge in [-0.25, -0.2) is 0 Å². The maximum atomic E-state index is 12.4. The Morgan fingerprint density at radius 3 is 2.22 bits per heavy atom. The third kappa shape index (κ3) is 1.97. The fourth-order valence-electron chi connectivity index (χ4n) is 3.97. The molecule has 2 fully saturated rings. The minimum Gasteiger partial charge on any atom is -0.360 e. The minimum atomic E-state index is -0.624. The minimum absolute atomic E-state index is 0.0693. The van der Waals surface area contributed by atoms with E-state index < -0.39 is 5.60 Å². The van der Waals surface area contributed by atoms with Crippen molar-refractivity contribution < 1.29 is 9.53 Å². The lowest BCUT2D eigenvalue weighted by Crippen LogP contribution is -2.51. The number of amides is 1. The van der Waals surface area contributed by atoms with Crippen LogP contribution >= 0.6 is 0 Å². The van der Waals surface area contributed by atoms with Crippen LogP contribution in [0, 0.1) is 16.7 Å². The van der Waals surface area contributed by atoms with Crippen LogP contribution in [0.3, 0.4) is 0 Å². The molecule has 2 saturated heterocycles. The van der Waals surface area contributed by atoms with Gasteiger partial charge < -0.3 is 10.1 Å². The Balaban J connectivity index is 2.43. The maximum absolute atomic E-state index is 12.4. The summed E-state index contributed by atoms with van der Waals surface area (Å²) in [6.45, 7) is 15.2. The van der Waals surface area contributed by atoms with Gasteiger partial charge in [0.25, 0.3) is 5.91 Å². The molecule has 0 aromatic carbocycles. The standard InChI is InChI=1S/C15H27NO2/c1-9-10-11(14(5,6)7)15(18-9,12(17)16-10)8-13(2,3)4/h9-11H,8H2,1-7H3,(H,16,17)/t9-,10?,11-,15+/m0/s1. The van der Waals surface area contributed by atoms with E-state index in [2.05, 4.69) is 53.8 Å². The lowest BCUT2D eigenvalue weighted by atomic mass is 9.66. The summed E-state index contributed by atoms with van der Waals surface area (Å²) in [4.78, 5) is 12.4. The van der Waals surface area contributed by atoms with Gasteiger partial charge in [0.2, 0.25) is 0 Å². The van der Waals surface area contributed by atoms with Gasteiger partial charge in [0.1, 0.15) is 0 Å². The average molecular weight is 253 g/mol. The Labute approximate surface area is 111 Å². The predicted molar refractivity (Wildman–Crippen MR) is 72.2 cm³/mol. The van der Waals surface area contributed by atoms with Crippen LogP contribution in [0.5, 0.6) is 0 Å². The zero-order chi connectivity index (χ0) is 13.9. The van der Waals surface area contributed by atoms with Crippen LogP contribution in [-0.4, -0.2) is 23.7 Å². The molecule has 0 aromatic heterocycles. The number of hydrogen-bond donors (Lipinski definition) is 1. The second-order valence-corrected chi connectivity index (χ2v) is 8.29. The SMILES string of the molecule is C[C@@H]1O[C@@]2(CC(C)(C)C)C(=O)NC1[C@H]2C(C)(C)C. The first-order chi connectivity index (χ1) is 7.97. The number of nitrogens with one attached hydrogen (secondary N) is 1. The maximum Gasteiger partial charge on any atom is 0.253 e. The number of rotatable bonds is 1. The molecule has 0 spiro atoms. The largest absolute Gasteiger partial charge is 0.360 e. The molecule has 1 unspecified atom stereocenters. The van der Waals surface area contributed by atoms with E-state index in [9.17, 15) is 4.79 Å². The quantitative estimate of drug-likeness (QED) is 0.780. The highest BCUT2D eigenvalue weighted by molar-refractivity contribution is 5.90. The molecule has 0 aliphatic carbocycles. The van der Waals surface area contributed by atoms with Crippen LogP contribution in [0.15, 0.2) is 0 Å². The van der Waals surface area contributed by atoms with E-state index in [1.54, 1.807) is 0 Å². The zero-order valence-corrected chi connectivity index (χ0v) is 12.8. The molecule has 2 bridgehead atoms. The fraction of sp³-hybridized carbons (Fsp3) is 0.933. The number of morpholine rings is 1. The number of hydrogen-bond acceptors (Lipinski definition) is 2. The summed E-state index contributed by atoms with van der Waals surface area (Å²) in [5.41, 5.74) is -0.472. The lowest BCUT2D eigenvalue weighted by molar-refractivity contribution is -0.158. The Bertz CT molecular complexity index is 364. The summed E-state index contributed by atoms with van der Waals surface area (Å²) >= 11 is 0. The zero-order valence-electron chi connectivity index (χ0n) is 12.8. The Kier molecular flexibility index (Phi) is 2.86. The van der Waals surface area contributed by atoms with E-state index in [1.165, 1.54) is 0 Å². The van der Waals surface area contributed by atoms with Crippen molar-refractivity contribution in [1.82, 2.24) is 5.32 Å². The molecule has 0 aromatic rings. The topological polar surface area (TPSA) is 38.3 Å². The van der Waals surface area contributed by atoms with E-state index >= 15 is 0 Å². The summed E-state index contributed by atoms with van der Waals surface area (Å²) < 4.78 is 6.16. The number of ether oxygens (including phenoxy) is 1. The third-order valence-corrected chi connectivity index (χ3v) is 4.17. The van der Waals surface area contributed by atoms with E-state index in [-0.39, 0.29) is 34.8 Å². The van der Waals surface area contributed by atoms with Crippen molar-refractivity contribution in [2.45, 2.75) is 72.6 Å². The van der Waals surface area contributed by atoms with Gasteiger partial charge in [-0.05, 0) is 24.2 Å². The van der Waals surface area contributed by atoms with Crippen LogP contribution in [0.4, 0.5) is 0 Å². The molecule has 0 radical (unpaired) electrons. The summed E-state index contributed by atoms with van der Waals surface area (Å²) in [6, 6.07) is 0.167. The van der Waals surface area contributed by atoms with Crippen molar-refractivity contribution in [3.05, 3.63) is 0 Å². The van der Waals surface area contributed by atoms with Gasteiger partial charge in [0.05, 0.1) is 12.1 Å². The van der Waals surface area contributed by atoms with Crippen LogP contribution < -0.4 is 5.32 Å². The normalized spacial score (nSPS) is 40.2. The molecule has 2 rings (SSSR count). The Morgan fingerprint density at radius 2 is 1.78 bits per heavy atom. The molecule has 104 valence electrons.